The Kier molecular flexibility index (Phi) is 7.52. The standard InChI is InChI=1S/C11H21NO2S/c1-5-10(8-15-4)12(3)7-9(2)6-11(13)14/h6,10H,5,7-8H2,1-4H3,(H,13,14). The number of hydrogen-bond donors (Lipinski definition) is 1. The quantitative estimate of drug-likeness (QED) is 0.681. The Balaban J connectivity index is 4.20. The van der Waals surface area contributed by atoms with Crippen molar-refractivity contribution in [1.29, 1.82) is 0 Å². The summed E-state index contributed by atoms with van der Waals surface area (Å²) in [6.07, 6.45) is 4.47. The van der Waals surface area contributed by atoms with Crippen molar-refractivity contribution in [2.75, 3.05) is 25.6 Å². The maximum atomic E-state index is 10.5. The normalized spacial score (nSPS) is 14.3. The Morgan fingerprint density at radius 1 is 1.60 bits per heavy atom. The van der Waals surface area contributed by atoms with Gasteiger partial charge in [0.2, 0.25) is 0 Å². The highest BCUT2D eigenvalue weighted by Crippen LogP contribution is 2.10. The molecule has 0 aliphatic heterocycles. The zero-order valence-corrected chi connectivity index (χ0v) is 10.8. The van der Waals surface area contributed by atoms with E-state index in [0.29, 0.717) is 6.04 Å². The first kappa shape index (κ1) is 14.5. The first-order valence-electron chi connectivity index (χ1n) is 5.10. The van der Waals surface area contributed by atoms with Crippen LogP contribution in [0, 0.1) is 0 Å². The van der Waals surface area contributed by atoms with E-state index in [2.05, 4.69) is 18.1 Å². The fraction of sp³-hybridized carbons (Fsp3) is 0.727. The van der Waals surface area contributed by atoms with Gasteiger partial charge in [0.05, 0.1) is 0 Å². The molecular formula is C11H21NO2S. The van der Waals surface area contributed by atoms with E-state index in [1.54, 1.807) is 0 Å². The molecule has 0 aromatic heterocycles. The summed E-state index contributed by atoms with van der Waals surface area (Å²) < 4.78 is 0. The monoisotopic (exact) mass is 231 g/mol. The minimum absolute atomic E-state index is 0.525. The summed E-state index contributed by atoms with van der Waals surface area (Å²) in [5.41, 5.74) is 0.893. The van der Waals surface area contributed by atoms with Crippen molar-refractivity contribution in [1.82, 2.24) is 4.90 Å². The van der Waals surface area contributed by atoms with Gasteiger partial charge in [-0.1, -0.05) is 12.5 Å². The topological polar surface area (TPSA) is 40.5 Å². The molecule has 0 saturated carbocycles. The zero-order chi connectivity index (χ0) is 11.8. The number of likely N-dealkylation sites (N-methyl/N-ethyl adjacent to an activating group) is 1. The lowest BCUT2D eigenvalue weighted by Gasteiger charge is -2.26. The van der Waals surface area contributed by atoms with Gasteiger partial charge in [0.15, 0.2) is 0 Å². The average Bonchev–Trinajstić information content (AvgIpc) is 2.12. The van der Waals surface area contributed by atoms with Gasteiger partial charge in [-0.15, -0.1) is 0 Å². The molecule has 1 N–H and O–H groups in total. The van der Waals surface area contributed by atoms with E-state index in [1.165, 1.54) is 6.08 Å². The minimum atomic E-state index is -0.862. The fourth-order valence-electron chi connectivity index (χ4n) is 1.53. The molecule has 3 nitrogen and oxygen atoms in total. The maximum absolute atomic E-state index is 10.5. The van der Waals surface area contributed by atoms with Gasteiger partial charge in [0, 0.05) is 24.4 Å². The second kappa shape index (κ2) is 7.77. The molecule has 1 atom stereocenters. The molecule has 0 aromatic rings. The van der Waals surface area contributed by atoms with Gasteiger partial charge in [0.1, 0.15) is 0 Å². The van der Waals surface area contributed by atoms with Crippen molar-refractivity contribution >= 4 is 17.7 Å². The predicted octanol–water partition coefficient (Wildman–Crippen LogP) is 2.09. The molecule has 0 rings (SSSR count). The third-order valence-electron chi connectivity index (χ3n) is 2.32. The Morgan fingerprint density at radius 3 is 2.60 bits per heavy atom. The van der Waals surface area contributed by atoms with Crippen molar-refractivity contribution in [2.45, 2.75) is 26.3 Å². The van der Waals surface area contributed by atoms with E-state index < -0.39 is 5.97 Å². The number of rotatable bonds is 7. The summed E-state index contributed by atoms with van der Waals surface area (Å²) in [6.45, 7) is 4.75. The number of carboxylic acids is 1. The molecule has 0 heterocycles. The van der Waals surface area contributed by atoms with Crippen LogP contribution in [-0.4, -0.2) is 47.6 Å². The number of aliphatic carboxylic acids is 1. The molecule has 0 spiro atoms. The largest absolute Gasteiger partial charge is 0.478 e. The van der Waals surface area contributed by atoms with Crippen molar-refractivity contribution in [3.8, 4) is 0 Å². The van der Waals surface area contributed by atoms with Crippen molar-refractivity contribution in [3.63, 3.8) is 0 Å². The van der Waals surface area contributed by atoms with Crippen LogP contribution >= 0.6 is 11.8 Å². The highest BCUT2D eigenvalue weighted by atomic mass is 32.2. The second-order valence-electron chi connectivity index (χ2n) is 3.76. The number of carboxylic acid groups (broad SMARTS) is 1. The van der Waals surface area contributed by atoms with Crippen LogP contribution in [0.2, 0.25) is 0 Å². The van der Waals surface area contributed by atoms with Crippen molar-refractivity contribution < 1.29 is 9.90 Å². The lowest BCUT2D eigenvalue weighted by molar-refractivity contribution is -0.131. The van der Waals surface area contributed by atoms with Gasteiger partial charge in [-0.3, -0.25) is 4.90 Å². The average molecular weight is 231 g/mol. The lowest BCUT2D eigenvalue weighted by atomic mass is 10.2. The van der Waals surface area contributed by atoms with Gasteiger partial charge >= 0.3 is 5.97 Å². The molecule has 0 fully saturated rings. The maximum Gasteiger partial charge on any atom is 0.328 e. The fourth-order valence-corrected chi connectivity index (χ4v) is 2.40. The summed E-state index contributed by atoms with van der Waals surface area (Å²) in [6, 6.07) is 0.525. The van der Waals surface area contributed by atoms with Crippen LogP contribution in [0.3, 0.4) is 0 Å². The third-order valence-corrected chi connectivity index (χ3v) is 3.04. The molecule has 15 heavy (non-hydrogen) atoms. The van der Waals surface area contributed by atoms with E-state index in [4.69, 9.17) is 5.11 Å². The Hall–Kier alpha value is -0.480. The number of hydrogen-bond acceptors (Lipinski definition) is 3. The highest BCUT2D eigenvalue weighted by molar-refractivity contribution is 7.98. The van der Waals surface area contributed by atoms with Crippen LogP contribution in [0.15, 0.2) is 11.6 Å². The summed E-state index contributed by atoms with van der Waals surface area (Å²) in [5.74, 6) is 0.228. The van der Waals surface area contributed by atoms with Crippen LogP contribution in [0.4, 0.5) is 0 Å². The van der Waals surface area contributed by atoms with E-state index in [-0.39, 0.29) is 0 Å². The van der Waals surface area contributed by atoms with Crippen LogP contribution in [0.25, 0.3) is 0 Å². The van der Waals surface area contributed by atoms with Crippen LogP contribution in [0.5, 0.6) is 0 Å². The molecule has 0 aromatic carbocycles. The highest BCUT2D eigenvalue weighted by Gasteiger charge is 2.12. The summed E-state index contributed by atoms with van der Waals surface area (Å²) >= 11 is 1.83. The molecule has 4 heteroatoms. The molecule has 1 unspecified atom stereocenters. The third kappa shape index (κ3) is 6.57. The Morgan fingerprint density at radius 2 is 2.20 bits per heavy atom. The molecule has 0 amide bonds. The molecule has 0 bridgehead atoms. The summed E-state index contributed by atoms with van der Waals surface area (Å²) in [5, 5.41) is 8.60. The number of thioether (sulfide) groups is 1. The van der Waals surface area contributed by atoms with Crippen LogP contribution in [-0.2, 0) is 4.79 Å². The Labute approximate surface area is 96.5 Å². The van der Waals surface area contributed by atoms with E-state index in [0.717, 1.165) is 24.3 Å². The summed E-state index contributed by atoms with van der Waals surface area (Å²) in [7, 11) is 2.05. The first-order chi connectivity index (χ1) is 7.01. The Bertz CT molecular complexity index is 229. The molecule has 88 valence electrons. The smallest absolute Gasteiger partial charge is 0.328 e. The lowest BCUT2D eigenvalue weighted by Crippen LogP contribution is -2.34. The molecule has 0 aliphatic rings. The molecule has 0 radical (unpaired) electrons. The number of carbonyl (C=O) groups is 1. The van der Waals surface area contributed by atoms with Crippen molar-refractivity contribution in [3.05, 3.63) is 11.6 Å². The minimum Gasteiger partial charge on any atom is -0.478 e. The SMILES string of the molecule is CCC(CSC)N(C)CC(C)=CC(=O)O. The van der Waals surface area contributed by atoms with Gasteiger partial charge in [0.25, 0.3) is 0 Å². The van der Waals surface area contributed by atoms with Gasteiger partial charge in [-0.05, 0) is 26.6 Å². The second-order valence-corrected chi connectivity index (χ2v) is 4.67. The van der Waals surface area contributed by atoms with Crippen LogP contribution in [0.1, 0.15) is 20.3 Å². The van der Waals surface area contributed by atoms with Gasteiger partial charge < -0.3 is 5.11 Å². The molecule has 0 saturated heterocycles. The van der Waals surface area contributed by atoms with E-state index in [1.807, 2.05) is 25.7 Å². The van der Waals surface area contributed by atoms with Gasteiger partial charge in [-0.2, -0.15) is 11.8 Å². The van der Waals surface area contributed by atoms with Gasteiger partial charge in [-0.25, -0.2) is 4.79 Å². The number of nitrogens with zero attached hydrogens (tertiary/aromatic N) is 1. The predicted molar refractivity (Wildman–Crippen MR) is 66.5 cm³/mol. The van der Waals surface area contributed by atoms with Crippen molar-refractivity contribution in [2.24, 2.45) is 0 Å². The first-order valence-corrected chi connectivity index (χ1v) is 6.49. The van der Waals surface area contributed by atoms with Crippen LogP contribution < -0.4 is 0 Å². The van der Waals surface area contributed by atoms with E-state index in [9.17, 15) is 4.79 Å². The zero-order valence-electron chi connectivity index (χ0n) is 9.99. The molecular weight excluding hydrogens is 210 g/mol. The summed E-state index contributed by atoms with van der Waals surface area (Å²) in [4.78, 5) is 12.7. The van der Waals surface area contributed by atoms with E-state index >= 15 is 0 Å². The molecule has 0 aliphatic carbocycles.